The Labute approximate surface area is 113 Å². The van der Waals surface area contributed by atoms with E-state index in [1.807, 2.05) is 12.1 Å². The second-order valence-electron chi connectivity index (χ2n) is 4.19. The van der Waals surface area contributed by atoms with Crippen molar-refractivity contribution in [2.75, 3.05) is 13.7 Å². The molecule has 0 fully saturated rings. The van der Waals surface area contributed by atoms with Crippen molar-refractivity contribution in [3.8, 4) is 5.75 Å². The highest BCUT2D eigenvalue weighted by atomic mass is 35.5. The Morgan fingerprint density at radius 2 is 2.17 bits per heavy atom. The molecule has 4 heteroatoms. The maximum absolute atomic E-state index is 11.7. The molecule has 100 valence electrons. The summed E-state index contributed by atoms with van der Waals surface area (Å²) in [6.07, 6.45) is 3.64. The Balaban J connectivity index is 2.44. The molecule has 0 unspecified atom stereocenters. The predicted molar refractivity (Wildman–Crippen MR) is 74.2 cm³/mol. The van der Waals surface area contributed by atoms with E-state index in [4.69, 9.17) is 16.3 Å². The zero-order chi connectivity index (χ0) is 13.4. The molecule has 0 aromatic heterocycles. The standard InChI is InChI=1S/C14H20ClNO2/c1-3-4-5-8-16-14(17)9-11-6-7-12(18-2)10-13(11)15/h6-7,10H,3-5,8-9H2,1-2H3,(H,16,17). The SMILES string of the molecule is CCCCCNC(=O)Cc1ccc(OC)cc1Cl. The van der Waals surface area contributed by atoms with Gasteiger partial charge >= 0.3 is 0 Å². The minimum absolute atomic E-state index is 0.0122. The van der Waals surface area contributed by atoms with Crippen LogP contribution in [0.4, 0.5) is 0 Å². The Bertz CT molecular complexity index is 393. The van der Waals surface area contributed by atoms with Gasteiger partial charge in [-0.05, 0) is 24.1 Å². The predicted octanol–water partition coefficient (Wildman–Crippen LogP) is 3.20. The summed E-state index contributed by atoms with van der Waals surface area (Å²) in [5.41, 5.74) is 0.824. The Morgan fingerprint density at radius 1 is 1.39 bits per heavy atom. The zero-order valence-corrected chi connectivity index (χ0v) is 11.7. The molecule has 1 aromatic carbocycles. The molecule has 0 heterocycles. The number of halogens is 1. The van der Waals surface area contributed by atoms with Crippen molar-refractivity contribution in [1.82, 2.24) is 5.32 Å². The van der Waals surface area contributed by atoms with Crippen molar-refractivity contribution < 1.29 is 9.53 Å². The van der Waals surface area contributed by atoms with Gasteiger partial charge in [0.25, 0.3) is 0 Å². The van der Waals surface area contributed by atoms with Crippen molar-refractivity contribution >= 4 is 17.5 Å². The number of benzene rings is 1. The molecule has 18 heavy (non-hydrogen) atoms. The summed E-state index contributed by atoms with van der Waals surface area (Å²) in [4.78, 5) is 11.7. The van der Waals surface area contributed by atoms with Crippen molar-refractivity contribution in [3.63, 3.8) is 0 Å². The van der Waals surface area contributed by atoms with Crippen LogP contribution in [0.25, 0.3) is 0 Å². The highest BCUT2D eigenvalue weighted by Gasteiger charge is 2.07. The molecule has 3 nitrogen and oxygen atoms in total. The normalized spacial score (nSPS) is 10.2. The van der Waals surface area contributed by atoms with Crippen LogP contribution in [-0.2, 0) is 11.2 Å². The molecule has 1 rings (SSSR count). The number of nitrogens with one attached hydrogen (secondary N) is 1. The van der Waals surface area contributed by atoms with Gasteiger partial charge in [0.2, 0.25) is 5.91 Å². The molecule has 1 amide bonds. The van der Waals surface area contributed by atoms with Gasteiger partial charge in [-0.3, -0.25) is 4.79 Å². The van der Waals surface area contributed by atoms with Gasteiger partial charge in [-0.25, -0.2) is 0 Å². The summed E-state index contributed by atoms with van der Waals surface area (Å²) in [5, 5.41) is 3.46. The summed E-state index contributed by atoms with van der Waals surface area (Å²) in [7, 11) is 1.59. The van der Waals surface area contributed by atoms with E-state index >= 15 is 0 Å². The number of amides is 1. The number of carbonyl (C=O) groups is 1. The lowest BCUT2D eigenvalue weighted by atomic mass is 10.1. The maximum atomic E-state index is 11.7. The van der Waals surface area contributed by atoms with Gasteiger partial charge in [0.15, 0.2) is 0 Å². The van der Waals surface area contributed by atoms with Gasteiger partial charge in [-0.1, -0.05) is 37.4 Å². The number of methoxy groups -OCH3 is 1. The smallest absolute Gasteiger partial charge is 0.224 e. The molecular formula is C14H20ClNO2. The third-order valence-electron chi connectivity index (χ3n) is 2.71. The molecule has 0 bridgehead atoms. The molecule has 0 saturated carbocycles. The largest absolute Gasteiger partial charge is 0.497 e. The van der Waals surface area contributed by atoms with Crippen LogP contribution in [-0.4, -0.2) is 19.6 Å². The average molecular weight is 270 g/mol. The Morgan fingerprint density at radius 3 is 2.78 bits per heavy atom. The van der Waals surface area contributed by atoms with E-state index in [-0.39, 0.29) is 5.91 Å². The molecule has 1 aromatic rings. The Kier molecular flexibility index (Phi) is 6.58. The van der Waals surface area contributed by atoms with Crippen molar-refractivity contribution in [2.45, 2.75) is 32.6 Å². The van der Waals surface area contributed by atoms with Crippen LogP contribution in [0.15, 0.2) is 18.2 Å². The van der Waals surface area contributed by atoms with Crippen LogP contribution >= 0.6 is 11.6 Å². The summed E-state index contributed by atoms with van der Waals surface area (Å²) in [6, 6.07) is 5.36. The third-order valence-corrected chi connectivity index (χ3v) is 3.07. The summed E-state index contributed by atoms with van der Waals surface area (Å²) in [6.45, 7) is 2.87. The minimum Gasteiger partial charge on any atom is -0.497 e. The van der Waals surface area contributed by atoms with E-state index < -0.39 is 0 Å². The Hall–Kier alpha value is -1.22. The first-order valence-electron chi connectivity index (χ1n) is 6.26. The fourth-order valence-electron chi connectivity index (χ4n) is 1.64. The number of rotatable bonds is 7. The summed E-state index contributed by atoms with van der Waals surface area (Å²) < 4.78 is 5.06. The van der Waals surface area contributed by atoms with E-state index in [1.165, 1.54) is 0 Å². The van der Waals surface area contributed by atoms with Crippen LogP contribution < -0.4 is 10.1 Å². The number of unbranched alkanes of at least 4 members (excludes halogenated alkanes) is 2. The van der Waals surface area contributed by atoms with E-state index in [0.717, 1.165) is 31.4 Å². The molecule has 0 saturated heterocycles. The molecular weight excluding hydrogens is 250 g/mol. The van der Waals surface area contributed by atoms with E-state index in [0.29, 0.717) is 17.2 Å². The van der Waals surface area contributed by atoms with Crippen LogP contribution in [0.1, 0.15) is 31.7 Å². The molecule has 1 N–H and O–H groups in total. The van der Waals surface area contributed by atoms with Crippen molar-refractivity contribution in [2.24, 2.45) is 0 Å². The quantitative estimate of drug-likeness (QED) is 0.772. The highest BCUT2D eigenvalue weighted by Crippen LogP contribution is 2.22. The first-order chi connectivity index (χ1) is 8.67. The van der Waals surface area contributed by atoms with Crippen LogP contribution in [0.2, 0.25) is 5.02 Å². The molecule has 0 aliphatic rings. The fourth-order valence-corrected chi connectivity index (χ4v) is 1.87. The number of hydrogen-bond donors (Lipinski definition) is 1. The number of ether oxygens (including phenoxy) is 1. The van der Waals surface area contributed by atoms with Gasteiger partial charge in [-0.2, -0.15) is 0 Å². The topological polar surface area (TPSA) is 38.3 Å². The van der Waals surface area contributed by atoms with Crippen LogP contribution in [0.3, 0.4) is 0 Å². The van der Waals surface area contributed by atoms with Gasteiger partial charge < -0.3 is 10.1 Å². The monoisotopic (exact) mass is 269 g/mol. The first-order valence-corrected chi connectivity index (χ1v) is 6.64. The van der Waals surface area contributed by atoms with Crippen molar-refractivity contribution in [1.29, 1.82) is 0 Å². The lowest BCUT2D eigenvalue weighted by Gasteiger charge is -2.07. The summed E-state index contributed by atoms with van der Waals surface area (Å²) >= 11 is 6.08. The lowest BCUT2D eigenvalue weighted by molar-refractivity contribution is -0.120. The first kappa shape index (κ1) is 14.8. The second kappa shape index (κ2) is 7.98. The second-order valence-corrected chi connectivity index (χ2v) is 4.60. The molecule has 0 aliphatic carbocycles. The van der Waals surface area contributed by atoms with Gasteiger partial charge in [0.1, 0.15) is 5.75 Å². The average Bonchev–Trinajstić information content (AvgIpc) is 2.37. The van der Waals surface area contributed by atoms with E-state index in [1.54, 1.807) is 13.2 Å². The maximum Gasteiger partial charge on any atom is 0.224 e. The summed E-state index contributed by atoms with van der Waals surface area (Å²) in [5.74, 6) is 0.713. The van der Waals surface area contributed by atoms with E-state index in [9.17, 15) is 4.79 Å². The minimum atomic E-state index is 0.0122. The van der Waals surface area contributed by atoms with Gasteiger partial charge in [-0.15, -0.1) is 0 Å². The molecule has 0 aliphatic heterocycles. The lowest BCUT2D eigenvalue weighted by Crippen LogP contribution is -2.26. The van der Waals surface area contributed by atoms with Gasteiger partial charge in [0, 0.05) is 11.6 Å². The highest BCUT2D eigenvalue weighted by molar-refractivity contribution is 6.31. The van der Waals surface area contributed by atoms with Crippen LogP contribution in [0, 0.1) is 0 Å². The fraction of sp³-hybridized carbons (Fsp3) is 0.500. The zero-order valence-electron chi connectivity index (χ0n) is 11.0. The third kappa shape index (κ3) is 4.96. The molecule has 0 atom stereocenters. The number of hydrogen-bond acceptors (Lipinski definition) is 2. The number of carbonyl (C=O) groups excluding carboxylic acids is 1. The van der Waals surface area contributed by atoms with Crippen molar-refractivity contribution in [3.05, 3.63) is 28.8 Å². The molecule has 0 spiro atoms. The molecule has 0 radical (unpaired) electrons. The van der Waals surface area contributed by atoms with Gasteiger partial charge in [0.05, 0.1) is 13.5 Å². The van der Waals surface area contributed by atoms with Crippen LogP contribution in [0.5, 0.6) is 5.75 Å². The van der Waals surface area contributed by atoms with E-state index in [2.05, 4.69) is 12.2 Å².